The number of hydrogen-bond donors (Lipinski definition) is 1. The molecular formula is C17H18Cl2N6O. The standard InChI is InChI=1S/C17H18Cl2N6O/c1-3-13-22-16(17(26)21-8-7-14-20-9-10-24(14)2)23-25(13)15-11(18)5-4-6-12(15)19/h4-6,9-10H,3,7-8H2,1-2H3,(H,21,26). The highest BCUT2D eigenvalue weighted by Crippen LogP contribution is 2.28. The lowest BCUT2D eigenvalue weighted by Crippen LogP contribution is -2.27. The van der Waals surface area contributed by atoms with Gasteiger partial charge < -0.3 is 9.88 Å². The average molecular weight is 393 g/mol. The summed E-state index contributed by atoms with van der Waals surface area (Å²) in [5.41, 5.74) is 0.521. The molecule has 1 N–H and O–H groups in total. The number of para-hydroxylation sites is 1. The Balaban J connectivity index is 1.78. The Morgan fingerprint density at radius 2 is 1.96 bits per heavy atom. The first-order valence-electron chi connectivity index (χ1n) is 8.16. The number of benzene rings is 1. The summed E-state index contributed by atoms with van der Waals surface area (Å²) >= 11 is 12.5. The number of hydrogen-bond acceptors (Lipinski definition) is 4. The number of amides is 1. The molecule has 0 radical (unpaired) electrons. The van der Waals surface area contributed by atoms with Gasteiger partial charge in [-0.2, -0.15) is 0 Å². The molecule has 2 aromatic heterocycles. The van der Waals surface area contributed by atoms with Crippen LogP contribution in [0, 0.1) is 0 Å². The van der Waals surface area contributed by atoms with Crippen molar-refractivity contribution in [1.29, 1.82) is 0 Å². The minimum absolute atomic E-state index is 0.0812. The zero-order valence-corrected chi connectivity index (χ0v) is 15.9. The van der Waals surface area contributed by atoms with E-state index >= 15 is 0 Å². The molecule has 0 aliphatic rings. The van der Waals surface area contributed by atoms with Crippen LogP contribution >= 0.6 is 23.2 Å². The van der Waals surface area contributed by atoms with Gasteiger partial charge in [-0.25, -0.2) is 14.6 Å². The molecule has 1 aromatic carbocycles. The summed E-state index contributed by atoms with van der Waals surface area (Å²) in [7, 11) is 1.91. The van der Waals surface area contributed by atoms with E-state index in [-0.39, 0.29) is 11.7 Å². The number of nitrogens with one attached hydrogen (secondary N) is 1. The van der Waals surface area contributed by atoms with E-state index in [2.05, 4.69) is 20.4 Å². The van der Waals surface area contributed by atoms with E-state index in [1.807, 2.05) is 24.7 Å². The Morgan fingerprint density at radius 3 is 2.58 bits per heavy atom. The number of nitrogens with zero attached hydrogens (tertiary/aromatic N) is 5. The smallest absolute Gasteiger partial charge is 0.290 e. The number of carbonyl (C=O) groups excluding carboxylic acids is 1. The van der Waals surface area contributed by atoms with Crippen LogP contribution in [-0.4, -0.2) is 36.8 Å². The summed E-state index contributed by atoms with van der Waals surface area (Å²) in [5, 5.41) is 8.01. The fourth-order valence-corrected chi connectivity index (χ4v) is 3.10. The largest absolute Gasteiger partial charge is 0.349 e. The lowest BCUT2D eigenvalue weighted by Gasteiger charge is -2.08. The maximum atomic E-state index is 12.4. The van der Waals surface area contributed by atoms with E-state index < -0.39 is 0 Å². The van der Waals surface area contributed by atoms with Crippen molar-refractivity contribution in [3.8, 4) is 5.69 Å². The molecule has 136 valence electrons. The van der Waals surface area contributed by atoms with Crippen molar-refractivity contribution in [1.82, 2.24) is 29.6 Å². The third-order valence-corrected chi connectivity index (χ3v) is 4.51. The van der Waals surface area contributed by atoms with Crippen LogP contribution in [0.1, 0.15) is 29.2 Å². The molecule has 0 aliphatic carbocycles. The molecule has 0 bridgehead atoms. The summed E-state index contributed by atoms with van der Waals surface area (Å²) < 4.78 is 3.44. The molecule has 1 amide bonds. The molecule has 0 aliphatic heterocycles. The van der Waals surface area contributed by atoms with Crippen molar-refractivity contribution in [3.63, 3.8) is 0 Å². The van der Waals surface area contributed by atoms with Gasteiger partial charge in [0.2, 0.25) is 5.82 Å². The minimum Gasteiger partial charge on any atom is -0.349 e. The van der Waals surface area contributed by atoms with Crippen LogP contribution in [0.3, 0.4) is 0 Å². The summed E-state index contributed by atoms with van der Waals surface area (Å²) in [4.78, 5) is 20.9. The number of imidazole rings is 1. The highest BCUT2D eigenvalue weighted by atomic mass is 35.5. The molecule has 0 saturated carbocycles. The molecule has 0 fully saturated rings. The summed E-state index contributed by atoms with van der Waals surface area (Å²) in [6.45, 7) is 2.36. The van der Waals surface area contributed by atoms with Crippen LogP contribution in [0.4, 0.5) is 0 Å². The second kappa shape index (κ2) is 7.88. The molecule has 3 aromatic rings. The van der Waals surface area contributed by atoms with Gasteiger partial charge in [0.05, 0.1) is 10.0 Å². The van der Waals surface area contributed by atoms with Crippen LogP contribution in [0.2, 0.25) is 10.0 Å². The Labute approximate surface area is 161 Å². The third kappa shape index (κ3) is 3.73. The first-order valence-corrected chi connectivity index (χ1v) is 8.91. The van der Waals surface area contributed by atoms with Gasteiger partial charge >= 0.3 is 0 Å². The van der Waals surface area contributed by atoms with Crippen molar-refractivity contribution < 1.29 is 4.79 Å². The van der Waals surface area contributed by atoms with Gasteiger partial charge in [0.15, 0.2) is 0 Å². The number of rotatable bonds is 6. The quantitative estimate of drug-likeness (QED) is 0.699. The second-order valence-corrected chi connectivity index (χ2v) is 6.46. The topological polar surface area (TPSA) is 77.6 Å². The molecule has 0 spiro atoms. The van der Waals surface area contributed by atoms with Crippen molar-refractivity contribution in [2.45, 2.75) is 19.8 Å². The molecule has 0 saturated heterocycles. The number of halogens is 2. The minimum atomic E-state index is -0.351. The maximum Gasteiger partial charge on any atom is 0.290 e. The molecular weight excluding hydrogens is 375 g/mol. The van der Waals surface area contributed by atoms with Crippen molar-refractivity contribution in [3.05, 3.63) is 58.1 Å². The summed E-state index contributed by atoms with van der Waals surface area (Å²) in [5.74, 6) is 1.23. The van der Waals surface area contributed by atoms with E-state index in [1.165, 1.54) is 4.68 Å². The third-order valence-electron chi connectivity index (χ3n) is 3.90. The van der Waals surface area contributed by atoms with Crippen molar-refractivity contribution >= 4 is 29.1 Å². The van der Waals surface area contributed by atoms with Crippen molar-refractivity contribution in [2.75, 3.05) is 6.54 Å². The van der Waals surface area contributed by atoms with Gasteiger partial charge in [-0.15, -0.1) is 5.10 Å². The first kappa shape index (κ1) is 18.4. The predicted octanol–water partition coefficient (Wildman–Crippen LogP) is 2.84. The van der Waals surface area contributed by atoms with Crippen LogP contribution in [0.15, 0.2) is 30.6 Å². The van der Waals surface area contributed by atoms with Crippen molar-refractivity contribution in [2.24, 2.45) is 7.05 Å². The van der Waals surface area contributed by atoms with Gasteiger partial charge in [0, 0.05) is 38.8 Å². The Bertz CT molecular complexity index is 913. The van der Waals surface area contributed by atoms with Crippen LogP contribution in [0.5, 0.6) is 0 Å². The predicted molar refractivity (Wildman–Crippen MR) is 100 cm³/mol. The monoisotopic (exact) mass is 392 g/mol. The molecule has 3 rings (SSSR count). The number of carbonyl (C=O) groups is 1. The lowest BCUT2D eigenvalue weighted by molar-refractivity contribution is 0.0943. The number of aryl methyl sites for hydroxylation is 2. The van der Waals surface area contributed by atoms with Crippen LogP contribution in [0.25, 0.3) is 5.69 Å². The molecule has 0 unspecified atom stereocenters. The Hall–Kier alpha value is -2.38. The summed E-state index contributed by atoms with van der Waals surface area (Å²) in [6.07, 6.45) is 4.78. The fourth-order valence-electron chi connectivity index (χ4n) is 2.54. The first-order chi connectivity index (χ1) is 12.5. The van der Waals surface area contributed by atoms with Crippen LogP contribution in [-0.2, 0) is 19.9 Å². The fraction of sp³-hybridized carbons (Fsp3) is 0.294. The lowest BCUT2D eigenvalue weighted by atomic mass is 10.3. The number of aromatic nitrogens is 5. The van der Waals surface area contributed by atoms with Gasteiger partial charge in [0.25, 0.3) is 5.91 Å². The highest BCUT2D eigenvalue weighted by Gasteiger charge is 2.19. The average Bonchev–Trinajstić information content (AvgIpc) is 3.21. The Morgan fingerprint density at radius 1 is 1.23 bits per heavy atom. The molecule has 26 heavy (non-hydrogen) atoms. The SMILES string of the molecule is CCc1nc(C(=O)NCCc2nccn2C)nn1-c1c(Cl)cccc1Cl. The zero-order chi connectivity index (χ0) is 18.7. The van der Waals surface area contributed by atoms with E-state index in [0.717, 1.165) is 5.82 Å². The molecule has 0 atom stereocenters. The zero-order valence-electron chi connectivity index (χ0n) is 14.4. The van der Waals surface area contributed by atoms with E-state index in [0.29, 0.717) is 40.9 Å². The second-order valence-electron chi connectivity index (χ2n) is 5.65. The molecule has 9 heteroatoms. The van der Waals surface area contributed by atoms with Gasteiger partial charge in [-0.3, -0.25) is 4.79 Å². The van der Waals surface area contributed by atoms with Gasteiger partial charge in [0.1, 0.15) is 17.3 Å². The van der Waals surface area contributed by atoms with Gasteiger partial charge in [-0.05, 0) is 12.1 Å². The normalized spacial score (nSPS) is 10.9. The van der Waals surface area contributed by atoms with Gasteiger partial charge in [-0.1, -0.05) is 36.2 Å². The Kier molecular flexibility index (Phi) is 5.58. The molecule has 7 nitrogen and oxygen atoms in total. The van der Waals surface area contributed by atoms with E-state index in [4.69, 9.17) is 23.2 Å². The van der Waals surface area contributed by atoms with Crippen LogP contribution < -0.4 is 5.32 Å². The molecule has 2 heterocycles. The highest BCUT2D eigenvalue weighted by molar-refractivity contribution is 6.37. The maximum absolute atomic E-state index is 12.4. The summed E-state index contributed by atoms with van der Waals surface area (Å²) in [6, 6.07) is 5.19. The van der Waals surface area contributed by atoms with E-state index in [9.17, 15) is 4.79 Å². The van der Waals surface area contributed by atoms with E-state index in [1.54, 1.807) is 24.4 Å².